The Labute approximate surface area is 116 Å². The summed E-state index contributed by atoms with van der Waals surface area (Å²) in [6.45, 7) is 4.12. The molecule has 0 aromatic rings. The van der Waals surface area contributed by atoms with E-state index in [0.717, 1.165) is 43.6 Å². The van der Waals surface area contributed by atoms with Crippen molar-refractivity contribution in [3.63, 3.8) is 0 Å². The zero-order valence-electron chi connectivity index (χ0n) is 10.5. The highest BCUT2D eigenvalue weighted by Crippen LogP contribution is 2.08. The molecule has 0 aliphatic carbocycles. The first-order valence-electron chi connectivity index (χ1n) is 5.65. The van der Waals surface area contributed by atoms with E-state index >= 15 is 0 Å². The third kappa shape index (κ3) is 6.65. The van der Waals surface area contributed by atoms with Crippen molar-refractivity contribution < 1.29 is 38.0 Å². The minimum atomic E-state index is 0. The van der Waals surface area contributed by atoms with Crippen LogP contribution in [0.15, 0.2) is 0 Å². The van der Waals surface area contributed by atoms with E-state index in [1.807, 2.05) is 4.90 Å². The molecule has 1 saturated heterocycles. The number of halogens is 1. The molecular weight excluding hydrogens is 319 g/mol. The maximum absolute atomic E-state index is 11.3. The lowest BCUT2D eigenvalue weighted by molar-refractivity contribution is -0.870. The first-order valence-corrected chi connectivity index (χ1v) is 5.65. The monoisotopic (exact) mass is 342 g/mol. The third-order valence-corrected chi connectivity index (χ3v) is 2.58. The van der Waals surface area contributed by atoms with Crippen LogP contribution in [0.3, 0.4) is 0 Å². The molecule has 1 rings (SSSR count). The van der Waals surface area contributed by atoms with Crippen LogP contribution >= 0.6 is 0 Å². The molecule has 96 valence electrons. The van der Waals surface area contributed by atoms with Gasteiger partial charge in [0.1, 0.15) is 6.54 Å². The zero-order chi connectivity index (χ0) is 11.3. The molecule has 0 bridgehead atoms. The Kier molecular flexibility index (Phi) is 7.50. The third-order valence-electron chi connectivity index (χ3n) is 2.58. The number of carbonyl (C=O) groups excluding carboxylic acids is 1. The number of ether oxygens (including phenoxy) is 1. The van der Waals surface area contributed by atoms with Gasteiger partial charge in [0, 0.05) is 19.5 Å². The minimum Gasteiger partial charge on any atom is -1.00 e. The molecule has 0 atom stereocenters. The Morgan fingerprint density at radius 1 is 1.31 bits per heavy atom. The van der Waals surface area contributed by atoms with Crippen molar-refractivity contribution in [3.8, 4) is 0 Å². The number of likely N-dealkylation sites (tertiary alicyclic amines) is 1. The summed E-state index contributed by atoms with van der Waals surface area (Å²) in [5.41, 5.74) is 0. The molecule has 1 heterocycles. The van der Waals surface area contributed by atoms with Gasteiger partial charge in [-0.1, -0.05) is 0 Å². The first-order chi connectivity index (χ1) is 6.99. The molecule has 0 aromatic heterocycles. The summed E-state index contributed by atoms with van der Waals surface area (Å²) >= 11 is 0. The number of hydrogen-bond donors (Lipinski definition) is 0. The maximum atomic E-state index is 11.3. The Morgan fingerprint density at radius 2 is 2.00 bits per heavy atom. The normalized spacial score (nSPS) is 16.4. The van der Waals surface area contributed by atoms with E-state index in [2.05, 4.69) is 21.1 Å². The van der Waals surface area contributed by atoms with Crippen LogP contribution < -0.4 is 24.0 Å². The summed E-state index contributed by atoms with van der Waals surface area (Å²) in [4.78, 5) is 13.2. The van der Waals surface area contributed by atoms with Gasteiger partial charge < -0.3 is 38.1 Å². The van der Waals surface area contributed by atoms with Gasteiger partial charge in [-0.3, -0.25) is 4.79 Å². The molecule has 0 saturated carbocycles. The van der Waals surface area contributed by atoms with Crippen LogP contribution in [0.2, 0.25) is 0 Å². The van der Waals surface area contributed by atoms with E-state index in [-0.39, 0.29) is 29.9 Å². The number of amides is 1. The Bertz CT molecular complexity index is 217. The molecule has 16 heavy (non-hydrogen) atoms. The smallest absolute Gasteiger partial charge is 0.222 e. The summed E-state index contributed by atoms with van der Waals surface area (Å²) in [5.74, 6) is 0.283. The van der Waals surface area contributed by atoms with Gasteiger partial charge in [0.15, 0.2) is 0 Å². The van der Waals surface area contributed by atoms with Crippen molar-refractivity contribution in [1.29, 1.82) is 0 Å². The predicted octanol–water partition coefficient (Wildman–Crippen LogP) is -2.66. The molecule has 0 aromatic carbocycles. The molecule has 1 amide bonds. The molecule has 0 unspecified atom stereocenters. The summed E-state index contributed by atoms with van der Waals surface area (Å²) in [6, 6.07) is 0. The van der Waals surface area contributed by atoms with Crippen molar-refractivity contribution >= 4 is 5.91 Å². The lowest BCUT2D eigenvalue weighted by atomic mass is 10.4. The number of rotatable bonds is 6. The second-order valence-electron chi connectivity index (χ2n) is 5.11. The lowest BCUT2D eigenvalue weighted by Gasteiger charge is -2.23. The van der Waals surface area contributed by atoms with Crippen molar-refractivity contribution in [3.05, 3.63) is 0 Å². The fourth-order valence-electron chi connectivity index (χ4n) is 1.56. The van der Waals surface area contributed by atoms with Gasteiger partial charge >= 0.3 is 0 Å². The lowest BCUT2D eigenvalue weighted by Crippen LogP contribution is -3.00. The molecule has 0 N–H and O–H groups in total. The second kappa shape index (κ2) is 7.45. The molecule has 1 fully saturated rings. The highest BCUT2D eigenvalue weighted by molar-refractivity contribution is 5.77. The second-order valence-corrected chi connectivity index (χ2v) is 5.11. The van der Waals surface area contributed by atoms with E-state index < -0.39 is 0 Å². The number of likely N-dealkylation sites (N-methyl/N-ethyl adjacent to an activating group) is 1. The van der Waals surface area contributed by atoms with Crippen LogP contribution in [-0.2, 0) is 9.53 Å². The topological polar surface area (TPSA) is 29.5 Å². The highest BCUT2D eigenvalue weighted by Gasteiger charge is 2.19. The minimum absolute atomic E-state index is 0. The van der Waals surface area contributed by atoms with Gasteiger partial charge in [-0.15, -0.1) is 0 Å². The van der Waals surface area contributed by atoms with Gasteiger partial charge in [0.25, 0.3) is 0 Å². The van der Waals surface area contributed by atoms with E-state index in [9.17, 15) is 4.79 Å². The van der Waals surface area contributed by atoms with Crippen LogP contribution in [0.25, 0.3) is 0 Å². The molecule has 0 spiro atoms. The van der Waals surface area contributed by atoms with Crippen molar-refractivity contribution in [1.82, 2.24) is 4.90 Å². The maximum Gasteiger partial charge on any atom is 0.222 e. The molecule has 5 heteroatoms. The standard InChI is InChI=1S/C11H23N2O2.HI/c1-13(2,3)8-10-15-9-7-12-6-4-5-11(12)14;/h4-10H2,1-3H3;1H/q+1;/p-1. The average molecular weight is 342 g/mol. The van der Waals surface area contributed by atoms with Crippen LogP contribution in [-0.4, -0.2) is 69.3 Å². The predicted molar refractivity (Wildman–Crippen MR) is 59.5 cm³/mol. The van der Waals surface area contributed by atoms with Gasteiger partial charge in [-0.2, -0.15) is 0 Å². The highest BCUT2D eigenvalue weighted by atomic mass is 127. The zero-order valence-corrected chi connectivity index (χ0v) is 12.7. The van der Waals surface area contributed by atoms with Crippen LogP contribution in [0.1, 0.15) is 12.8 Å². The van der Waals surface area contributed by atoms with E-state index in [1.165, 1.54) is 0 Å². The molecule has 0 radical (unpaired) electrons. The SMILES string of the molecule is C[N+](C)(C)CCOCCN1CCCC1=O.[I-]. The van der Waals surface area contributed by atoms with Crippen LogP contribution in [0.5, 0.6) is 0 Å². The van der Waals surface area contributed by atoms with Gasteiger partial charge in [0.05, 0.1) is 34.4 Å². The van der Waals surface area contributed by atoms with E-state index in [1.54, 1.807) is 0 Å². The first kappa shape index (κ1) is 16.1. The number of carbonyl (C=O) groups is 1. The molecule has 1 aliphatic heterocycles. The molecular formula is C11H23IN2O2. The summed E-state index contributed by atoms with van der Waals surface area (Å²) in [5, 5.41) is 0. The largest absolute Gasteiger partial charge is 1.00 e. The van der Waals surface area contributed by atoms with Gasteiger partial charge in [-0.05, 0) is 6.42 Å². The number of hydrogen-bond acceptors (Lipinski definition) is 2. The van der Waals surface area contributed by atoms with Crippen molar-refractivity contribution in [2.24, 2.45) is 0 Å². The fraction of sp³-hybridized carbons (Fsp3) is 0.909. The summed E-state index contributed by atoms with van der Waals surface area (Å²) in [6.07, 6.45) is 1.73. The van der Waals surface area contributed by atoms with Crippen molar-refractivity contribution in [2.45, 2.75) is 12.8 Å². The van der Waals surface area contributed by atoms with Crippen LogP contribution in [0, 0.1) is 0 Å². The van der Waals surface area contributed by atoms with Crippen LogP contribution in [0.4, 0.5) is 0 Å². The fourth-order valence-corrected chi connectivity index (χ4v) is 1.56. The average Bonchev–Trinajstić information content (AvgIpc) is 2.49. The quantitative estimate of drug-likeness (QED) is 0.300. The number of quaternary nitrogens is 1. The van der Waals surface area contributed by atoms with Crippen molar-refractivity contribution in [2.75, 3.05) is 54.0 Å². The van der Waals surface area contributed by atoms with E-state index in [4.69, 9.17) is 4.74 Å². The van der Waals surface area contributed by atoms with E-state index in [0.29, 0.717) is 6.61 Å². The Hall–Kier alpha value is 0.120. The Balaban J connectivity index is 0.00000225. The number of nitrogens with zero attached hydrogens (tertiary/aromatic N) is 2. The van der Waals surface area contributed by atoms with Gasteiger partial charge in [0.2, 0.25) is 5.91 Å². The molecule has 4 nitrogen and oxygen atoms in total. The molecule has 1 aliphatic rings. The van der Waals surface area contributed by atoms with Gasteiger partial charge in [-0.25, -0.2) is 0 Å². The summed E-state index contributed by atoms with van der Waals surface area (Å²) < 4.78 is 6.43. The summed E-state index contributed by atoms with van der Waals surface area (Å²) in [7, 11) is 6.44. The Morgan fingerprint density at radius 3 is 2.50 bits per heavy atom.